The van der Waals surface area contributed by atoms with Crippen LogP contribution in [0.1, 0.15) is 5.56 Å². The lowest BCUT2D eigenvalue weighted by molar-refractivity contribution is -0.139. The summed E-state index contributed by atoms with van der Waals surface area (Å²) in [5, 5.41) is 0. The average Bonchev–Trinajstić information content (AvgIpc) is 2.82. The molecule has 0 unspecified atom stereocenters. The molecule has 1 heterocycles. The highest BCUT2D eigenvalue weighted by Gasteiger charge is 2.14. The van der Waals surface area contributed by atoms with Gasteiger partial charge in [-0.25, -0.2) is 4.79 Å². The van der Waals surface area contributed by atoms with Gasteiger partial charge in [0.25, 0.3) is 0 Å². The van der Waals surface area contributed by atoms with Crippen molar-refractivity contribution in [2.24, 2.45) is 0 Å². The first-order chi connectivity index (χ1) is 8.24. The van der Waals surface area contributed by atoms with Crippen molar-refractivity contribution in [2.75, 3.05) is 21.0 Å². The van der Waals surface area contributed by atoms with E-state index in [1.54, 1.807) is 24.3 Å². The fourth-order valence-electron chi connectivity index (χ4n) is 1.46. The molecule has 0 amide bonds. The standard InChI is InChI=1S/C12H12O5/c1-14-11(12(13)15-2)6-8-3-4-9-10(5-8)17-7-16-9/h3-6H,7H2,1-2H3/b11-6-. The molecule has 0 saturated heterocycles. The highest BCUT2D eigenvalue weighted by atomic mass is 16.7. The number of carbonyl (C=O) groups excluding carboxylic acids is 1. The molecule has 0 atom stereocenters. The van der Waals surface area contributed by atoms with E-state index in [0.29, 0.717) is 11.5 Å². The van der Waals surface area contributed by atoms with Crippen LogP contribution in [0.4, 0.5) is 0 Å². The molecule has 0 N–H and O–H groups in total. The first-order valence-corrected chi connectivity index (χ1v) is 4.98. The van der Waals surface area contributed by atoms with Gasteiger partial charge < -0.3 is 18.9 Å². The second-order valence-electron chi connectivity index (χ2n) is 3.32. The summed E-state index contributed by atoms with van der Waals surface area (Å²) in [5.74, 6) is 0.954. The van der Waals surface area contributed by atoms with E-state index in [9.17, 15) is 4.79 Å². The Hall–Kier alpha value is -2.17. The van der Waals surface area contributed by atoms with E-state index in [-0.39, 0.29) is 12.6 Å². The minimum absolute atomic E-state index is 0.131. The van der Waals surface area contributed by atoms with Crippen LogP contribution in [-0.4, -0.2) is 27.0 Å². The molecule has 2 rings (SSSR count). The largest absolute Gasteiger partial charge is 0.490 e. The maximum atomic E-state index is 11.3. The Morgan fingerprint density at radius 2 is 2.00 bits per heavy atom. The van der Waals surface area contributed by atoms with Crippen molar-refractivity contribution in [3.63, 3.8) is 0 Å². The zero-order chi connectivity index (χ0) is 12.3. The molecule has 0 spiro atoms. The van der Waals surface area contributed by atoms with Crippen molar-refractivity contribution < 1.29 is 23.7 Å². The van der Waals surface area contributed by atoms with Crippen molar-refractivity contribution in [3.05, 3.63) is 29.5 Å². The quantitative estimate of drug-likeness (QED) is 0.453. The van der Waals surface area contributed by atoms with Gasteiger partial charge in [-0.15, -0.1) is 0 Å². The average molecular weight is 236 g/mol. The second-order valence-corrected chi connectivity index (χ2v) is 3.32. The first kappa shape index (κ1) is 11.3. The van der Waals surface area contributed by atoms with Gasteiger partial charge in [0.1, 0.15) is 0 Å². The molecule has 5 heteroatoms. The van der Waals surface area contributed by atoms with Gasteiger partial charge in [-0.3, -0.25) is 0 Å². The normalized spacial score (nSPS) is 13.4. The summed E-state index contributed by atoms with van der Waals surface area (Å²) in [4.78, 5) is 11.3. The summed E-state index contributed by atoms with van der Waals surface area (Å²) < 4.78 is 19.9. The fourth-order valence-corrected chi connectivity index (χ4v) is 1.46. The van der Waals surface area contributed by atoms with Crippen molar-refractivity contribution in [3.8, 4) is 11.5 Å². The Balaban J connectivity index is 2.28. The molecule has 1 aromatic carbocycles. The molecule has 1 aromatic rings. The molecular weight excluding hydrogens is 224 g/mol. The lowest BCUT2D eigenvalue weighted by atomic mass is 10.2. The van der Waals surface area contributed by atoms with E-state index in [1.165, 1.54) is 14.2 Å². The fraction of sp³-hybridized carbons (Fsp3) is 0.250. The molecule has 90 valence electrons. The van der Waals surface area contributed by atoms with Crippen LogP contribution in [0, 0.1) is 0 Å². The molecule has 1 aliphatic heterocycles. The number of hydrogen-bond acceptors (Lipinski definition) is 5. The number of ether oxygens (including phenoxy) is 4. The number of benzene rings is 1. The third-order valence-electron chi connectivity index (χ3n) is 2.30. The van der Waals surface area contributed by atoms with Crippen LogP contribution in [0.15, 0.2) is 24.0 Å². The maximum absolute atomic E-state index is 11.3. The molecular formula is C12H12O5. The van der Waals surface area contributed by atoms with Gasteiger partial charge in [0.15, 0.2) is 11.5 Å². The zero-order valence-electron chi connectivity index (χ0n) is 9.56. The molecule has 5 nitrogen and oxygen atoms in total. The van der Waals surface area contributed by atoms with E-state index in [4.69, 9.17) is 14.2 Å². The lowest BCUT2D eigenvalue weighted by Crippen LogP contribution is -2.06. The van der Waals surface area contributed by atoms with Crippen LogP contribution in [0.3, 0.4) is 0 Å². The molecule has 0 saturated carbocycles. The summed E-state index contributed by atoms with van der Waals surface area (Å²) in [6.45, 7) is 0.219. The van der Waals surface area contributed by atoms with Gasteiger partial charge in [0, 0.05) is 0 Å². The predicted molar refractivity (Wildman–Crippen MR) is 59.6 cm³/mol. The van der Waals surface area contributed by atoms with Crippen LogP contribution in [-0.2, 0) is 14.3 Å². The Kier molecular flexibility index (Phi) is 3.18. The van der Waals surface area contributed by atoms with E-state index in [1.807, 2.05) is 0 Å². The summed E-state index contributed by atoms with van der Waals surface area (Å²) in [6.07, 6.45) is 1.58. The SMILES string of the molecule is COC(=O)/C(=C/c1ccc2c(c1)OCO2)OC. The number of rotatable bonds is 3. The molecule has 0 bridgehead atoms. The van der Waals surface area contributed by atoms with Crippen LogP contribution in [0.5, 0.6) is 11.5 Å². The Morgan fingerprint density at radius 1 is 1.24 bits per heavy atom. The van der Waals surface area contributed by atoms with E-state index in [2.05, 4.69) is 4.74 Å². The number of fused-ring (bicyclic) bond motifs is 1. The van der Waals surface area contributed by atoms with Gasteiger partial charge in [0.2, 0.25) is 12.6 Å². The third-order valence-corrected chi connectivity index (χ3v) is 2.30. The van der Waals surface area contributed by atoms with Gasteiger partial charge in [-0.05, 0) is 23.8 Å². The van der Waals surface area contributed by atoms with Crippen LogP contribution < -0.4 is 9.47 Å². The van der Waals surface area contributed by atoms with Crippen LogP contribution in [0.25, 0.3) is 6.08 Å². The number of hydrogen-bond donors (Lipinski definition) is 0. The summed E-state index contributed by atoms with van der Waals surface area (Å²) >= 11 is 0. The lowest BCUT2D eigenvalue weighted by Gasteiger charge is -2.04. The van der Waals surface area contributed by atoms with Gasteiger partial charge in [-0.1, -0.05) is 6.07 Å². The third kappa shape index (κ3) is 2.33. The highest BCUT2D eigenvalue weighted by molar-refractivity contribution is 5.91. The Labute approximate surface area is 98.5 Å². The highest BCUT2D eigenvalue weighted by Crippen LogP contribution is 2.33. The van der Waals surface area contributed by atoms with Crippen molar-refractivity contribution in [1.82, 2.24) is 0 Å². The Morgan fingerprint density at radius 3 is 2.71 bits per heavy atom. The summed E-state index contributed by atoms with van der Waals surface area (Å²) in [5.41, 5.74) is 0.775. The topological polar surface area (TPSA) is 54.0 Å². The number of esters is 1. The van der Waals surface area contributed by atoms with Gasteiger partial charge in [0.05, 0.1) is 14.2 Å². The van der Waals surface area contributed by atoms with Crippen LogP contribution >= 0.6 is 0 Å². The van der Waals surface area contributed by atoms with E-state index >= 15 is 0 Å². The Bertz CT molecular complexity index is 464. The summed E-state index contributed by atoms with van der Waals surface area (Å²) in [6, 6.07) is 5.35. The molecule has 1 aliphatic rings. The van der Waals surface area contributed by atoms with E-state index in [0.717, 1.165) is 5.56 Å². The number of carbonyl (C=O) groups is 1. The van der Waals surface area contributed by atoms with E-state index < -0.39 is 5.97 Å². The minimum Gasteiger partial charge on any atom is -0.490 e. The number of methoxy groups -OCH3 is 2. The van der Waals surface area contributed by atoms with Crippen molar-refractivity contribution in [2.45, 2.75) is 0 Å². The molecule has 0 fully saturated rings. The molecule has 0 radical (unpaired) electrons. The van der Waals surface area contributed by atoms with Gasteiger partial charge in [-0.2, -0.15) is 0 Å². The second kappa shape index (κ2) is 4.78. The van der Waals surface area contributed by atoms with Crippen LogP contribution in [0.2, 0.25) is 0 Å². The molecule has 0 aromatic heterocycles. The summed E-state index contributed by atoms with van der Waals surface area (Å²) in [7, 11) is 2.71. The smallest absolute Gasteiger partial charge is 0.373 e. The monoisotopic (exact) mass is 236 g/mol. The molecule has 17 heavy (non-hydrogen) atoms. The van der Waals surface area contributed by atoms with Gasteiger partial charge >= 0.3 is 5.97 Å². The minimum atomic E-state index is -0.523. The maximum Gasteiger partial charge on any atom is 0.373 e. The zero-order valence-corrected chi connectivity index (χ0v) is 9.56. The van der Waals surface area contributed by atoms with Crippen molar-refractivity contribution >= 4 is 12.0 Å². The predicted octanol–water partition coefficient (Wildman–Crippen LogP) is 1.58. The molecule has 0 aliphatic carbocycles. The first-order valence-electron chi connectivity index (χ1n) is 4.98. The van der Waals surface area contributed by atoms with Crippen molar-refractivity contribution in [1.29, 1.82) is 0 Å².